The number of unbranched alkanes of at least 4 members (excludes halogenated alkanes) is 1. The second-order valence-corrected chi connectivity index (χ2v) is 7.54. The summed E-state index contributed by atoms with van der Waals surface area (Å²) in [6.07, 6.45) is 1.82. The van der Waals surface area contributed by atoms with E-state index in [0.29, 0.717) is 17.7 Å². The summed E-state index contributed by atoms with van der Waals surface area (Å²) in [5.41, 5.74) is 2.30. The first-order valence-corrected chi connectivity index (χ1v) is 10.2. The van der Waals surface area contributed by atoms with Gasteiger partial charge in [0.25, 0.3) is 11.8 Å². The first kappa shape index (κ1) is 19.5. The van der Waals surface area contributed by atoms with E-state index in [4.69, 9.17) is 4.74 Å². The van der Waals surface area contributed by atoms with Crippen molar-refractivity contribution in [2.45, 2.75) is 12.8 Å². The summed E-state index contributed by atoms with van der Waals surface area (Å²) in [5, 5.41) is 0. The molecule has 29 heavy (non-hydrogen) atoms. The predicted molar refractivity (Wildman–Crippen MR) is 113 cm³/mol. The van der Waals surface area contributed by atoms with Crippen molar-refractivity contribution in [2.24, 2.45) is 0 Å². The lowest BCUT2D eigenvalue weighted by Crippen LogP contribution is -2.46. The van der Waals surface area contributed by atoms with Crippen molar-refractivity contribution >= 4 is 17.5 Å². The van der Waals surface area contributed by atoms with Crippen LogP contribution in [0.3, 0.4) is 0 Å². The predicted octanol–water partition coefficient (Wildman–Crippen LogP) is 2.89. The van der Waals surface area contributed by atoms with Gasteiger partial charge in [0.05, 0.1) is 18.2 Å². The molecule has 2 aromatic carbocycles. The summed E-state index contributed by atoms with van der Waals surface area (Å²) in [6.45, 7) is 5.56. The molecule has 0 radical (unpaired) electrons. The summed E-state index contributed by atoms with van der Waals surface area (Å²) < 4.78 is 5.22. The Bertz CT molecular complexity index is 838. The maximum atomic E-state index is 12.4. The highest BCUT2D eigenvalue weighted by molar-refractivity contribution is 6.21. The van der Waals surface area contributed by atoms with Crippen molar-refractivity contribution in [2.75, 3.05) is 51.3 Å². The Morgan fingerprint density at radius 1 is 0.793 bits per heavy atom. The van der Waals surface area contributed by atoms with Gasteiger partial charge in [0.2, 0.25) is 0 Å². The Hall–Kier alpha value is -2.86. The number of methoxy groups -OCH3 is 1. The van der Waals surface area contributed by atoms with Crippen LogP contribution in [-0.2, 0) is 0 Å². The molecule has 2 aliphatic rings. The van der Waals surface area contributed by atoms with Crippen LogP contribution in [0.1, 0.15) is 33.6 Å². The average molecular weight is 393 g/mol. The molecular formula is C23H27N3O3. The number of nitrogens with zero attached hydrogens (tertiary/aromatic N) is 3. The molecule has 0 spiro atoms. The third kappa shape index (κ3) is 4.12. The molecule has 0 aromatic heterocycles. The van der Waals surface area contributed by atoms with E-state index in [0.717, 1.165) is 51.3 Å². The smallest absolute Gasteiger partial charge is 0.261 e. The number of benzene rings is 2. The largest absolute Gasteiger partial charge is 0.497 e. The normalized spacial score (nSPS) is 17.0. The van der Waals surface area contributed by atoms with Gasteiger partial charge in [-0.2, -0.15) is 0 Å². The Labute approximate surface area is 171 Å². The molecule has 2 aliphatic heterocycles. The molecule has 0 atom stereocenters. The zero-order chi connectivity index (χ0) is 20.2. The minimum atomic E-state index is -0.154. The average Bonchev–Trinajstić information content (AvgIpc) is 3.02. The second kappa shape index (κ2) is 8.66. The Kier molecular flexibility index (Phi) is 5.81. The quantitative estimate of drug-likeness (QED) is 0.535. The fourth-order valence-corrected chi connectivity index (χ4v) is 4.07. The van der Waals surface area contributed by atoms with E-state index in [1.807, 2.05) is 12.1 Å². The van der Waals surface area contributed by atoms with Gasteiger partial charge in [-0.3, -0.25) is 19.4 Å². The third-order valence-electron chi connectivity index (χ3n) is 5.79. The molecule has 152 valence electrons. The molecular weight excluding hydrogens is 366 g/mol. The van der Waals surface area contributed by atoms with Gasteiger partial charge in [-0.1, -0.05) is 12.1 Å². The second-order valence-electron chi connectivity index (χ2n) is 7.54. The molecule has 2 amide bonds. The number of carbonyl (C=O) groups excluding carboxylic acids is 2. The van der Waals surface area contributed by atoms with Crippen molar-refractivity contribution in [3.05, 3.63) is 59.7 Å². The van der Waals surface area contributed by atoms with Crippen molar-refractivity contribution in [3.63, 3.8) is 0 Å². The Morgan fingerprint density at radius 3 is 1.97 bits per heavy atom. The highest BCUT2D eigenvalue weighted by Crippen LogP contribution is 2.23. The van der Waals surface area contributed by atoms with Gasteiger partial charge in [0.1, 0.15) is 5.75 Å². The fourth-order valence-electron chi connectivity index (χ4n) is 4.07. The van der Waals surface area contributed by atoms with Gasteiger partial charge in [0, 0.05) is 38.4 Å². The van der Waals surface area contributed by atoms with Gasteiger partial charge in [-0.05, 0) is 55.8 Å². The first-order chi connectivity index (χ1) is 14.2. The van der Waals surface area contributed by atoms with Crippen LogP contribution in [0.15, 0.2) is 48.5 Å². The number of hydrogen-bond donors (Lipinski definition) is 0. The standard InChI is InChI=1S/C23H27N3O3/c1-29-19-10-8-18(9-11-19)25-16-14-24(15-17-25)12-4-5-13-26-22(27)20-6-2-3-7-21(20)23(26)28/h2-3,6-11H,4-5,12-17H2,1H3. The molecule has 0 saturated carbocycles. The Morgan fingerprint density at radius 2 is 1.38 bits per heavy atom. The molecule has 2 heterocycles. The number of carbonyl (C=O) groups is 2. The van der Waals surface area contributed by atoms with Crippen molar-refractivity contribution < 1.29 is 14.3 Å². The van der Waals surface area contributed by atoms with Crippen LogP contribution >= 0.6 is 0 Å². The van der Waals surface area contributed by atoms with E-state index in [9.17, 15) is 9.59 Å². The van der Waals surface area contributed by atoms with Crippen molar-refractivity contribution in [3.8, 4) is 5.75 Å². The highest BCUT2D eigenvalue weighted by atomic mass is 16.5. The zero-order valence-corrected chi connectivity index (χ0v) is 16.8. The first-order valence-electron chi connectivity index (χ1n) is 10.2. The summed E-state index contributed by atoms with van der Waals surface area (Å²) in [7, 11) is 1.68. The van der Waals surface area contributed by atoms with Gasteiger partial charge in [-0.25, -0.2) is 0 Å². The van der Waals surface area contributed by atoms with E-state index >= 15 is 0 Å². The summed E-state index contributed by atoms with van der Waals surface area (Å²) in [5.74, 6) is 0.572. The number of ether oxygens (including phenoxy) is 1. The molecule has 6 heteroatoms. The van der Waals surface area contributed by atoms with Crippen LogP contribution in [0.25, 0.3) is 0 Å². The monoisotopic (exact) mass is 393 g/mol. The molecule has 0 N–H and O–H groups in total. The van der Waals surface area contributed by atoms with Crippen LogP contribution in [-0.4, -0.2) is 68.0 Å². The Balaban J connectivity index is 1.19. The SMILES string of the molecule is COc1ccc(N2CCN(CCCCN3C(=O)c4ccccc4C3=O)CC2)cc1. The lowest BCUT2D eigenvalue weighted by atomic mass is 10.1. The maximum absolute atomic E-state index is 12.4. The van der Waals surface area contributed by atoms with E-state index in [-0.39, 0.29) is 11.8 Å². The minimum absolute atomic E-state index is 0.154. The topological polar surface area (TPSA) is 53.1 Å². The number of anilines is 1. The molecule has 0 aliphatic carbocycles. The van der Waals surface area contributed by atoms with Crippen LogP contribution in [0.5, 0.6) is 5.75 Å². The number of fused-ring (bicyclic) bond motifs is 1. The molecule has 1 saturated heterocycles. The van der Waals surface area contributed by atoms with E-state index in [2.05, 4.69) is 21.9 Å². The van der Waals surface area contributed by atoms with Crippen molar-refractivity contribution in [1.82, 2.24) is 9.80 Å². The summed E-state index contributed by atoms with van der Waals surface area (Å²) in [4.78, 5) is 31.0. The lowest BCUT2D eigenvalue weighted by molar-refractivity contribution is 0.0650. The zero-order valence-electron chi connectivity index (χ0n) is 16.8. The fraction of sp³-hybridized carbons (Fsp3) is 0.391. The van der Waals surface area contributed by atoms with Gasteiger partial charge < -0.3 is 9.64 Å². The number of amides is 2. The number of piperazine rings is 1. The molecule has 4 rings (SSSR count). The number of hydrogen-bond acceptors (Lipinski definition) is 5. The lowest BCUT2D eigenvalue weighted by Gasteiger charge is -2.36. The third-order valence-corrected chi connectivity index (χ3v) is 5.79. The molecule has 0 unspecified atom stereocenters. The molecule has 0 bridgehead atoms. The van der Waals surface area contributed by atoms with Crippen molar-refractivity contribution in [1.29, 1.82) is 0 Å². The summed E-state index contributed by atoms with van der Waals surface area (Å²) in [6, 6.07) is 15.3. The van der Waals surface area contributed by atoms with Gasteiger partial charge in [0.15, 0.2) is 0 Å². The molecule has 2 aromatic rings. The van der Waals surface area contributed by atoms with Crippen LogP contribution in [0, 0.1) is 0 Å². The van der Waals surface area contributed by atoms with E-state index < -0.39 is 0 Å². The van der Waals surface area contributed by atoms with E-state index in [1.54, 1.807) is 31.4 Å². The number of imide groups is 1. The molecule has 6 nitrogen and oxygen atoms in total. The highest BCUT2D eigenvalue weighted by Gasteiger charge is 2.34. The summed E-state index contributed by atoms with van der Waals surface area (Å²) >= 11 is 0. The van der Waals surface area contributed by atoms with Crippen LogP contribution in [0.2, 0.25) is 0 Å². The number of rotatable bonds is 7. The van der Waals surface area contributed by atoms with E-state index in [1.165, 1.54) is 10.6 Å². The van der Waals surface area contributed by atoms with Gasteiger partial charge in [-0.15, -0.1) is 0 Å². The van der Waals surface area contributed by atoms with Crippen LogP contribution < -0.4 is 9.64 Å². The van der Waals surface area contributed by atoms with Crippen LogP contribution in [0.4, 0.5) is 5.69 Å². The molecule has 1 fully saturated rings. The minimum Gasteiger partial charge on any atom is -0.497 e. The maximum Gasteiger partial charge on any atom is 0.261 e. The van der Waals surface area contributed by atoms with Gasteiger partial charge >= 0.3 is 0 Å².